The predicted octanol–water partition coefficient (Wildman–Crippen LogP) is 3.85. The molecule has 0 atom stereocenters. The predicted molar refractivity (Wildman–Crippen MR) is 76.3 cm³/mol. The second-order valence-corrected chi connectivity index (χ2v) is 5.29. The Kier molecular flexibility index (Phi) is 4.71. The summed E-state index contributed by atoms with van der Waals surface area (Å²) in [6, 6.07) is 6.98. The second kappa shape index (κ2) is 6.07. The molecule has 0 heterocycles. The first-order valence-corrected chi connectivity index (χ1v) is 7.36. The Morgan fingerprint density at radius 2 is 2.24 bits per heavy atom. The zero-order valence-electron chi connectivity index (χ0n) is 9.96. The summed E-state index contributed by atoms with van der Waals surface area (Å²) in [6.45, 7) is 1.69. The lowest BCUT2D eigenvalue weighted by atomic mass is 10.2. The quantitative estimate of drug-likeness (QED) is 0.739. The third-order valence-electron chi connectivity index (χ3n) is 3.04. The lowest BCUT2D eigenvalue weighted by Crippen LogP contribution is -2.29. The highest BCUT2D eigenvalue weighted by Crippen LogP contribution is 2.33. The monoisotopic (exact) mass is 317 g/mol. The van der Waals surface area contributed by atoms with Gasteiger partial charge in [-0.3, -0.25) is 0 Å². The van der Waals surface area contributed by atoms with Gasteiger partial charge in [-0.1, -0.05) is 33.6 Å². The number of hydrogen-bond acceptors (Lipinski definition) is 2. The molecular weight excluding hydrogens is 302 g/mol. The molecule has 0 unspecified atom stereocenters. The summed E-state index contributed by atoms with van der Waals surface area (Å²) in [5.41, 5.74) is 2.34. The van der Waals surface area contributed by atoms with Gasteiger partial charge in [-0.25, -0.2) is 0 Å². The Morgan fingerprint density at radius 3 is 2.76 bits per heavy atom. The SMILES string of the molecule is COCCN(c1ccc(CBr)c(Cl)c1)C1CC1. The summed E-state index contributed by atoms with van der Waals surface area (Å²) in [5, 5.41) is 1.63. The van der Waals surface area contributed by atoms with Gasteiger partial charge in [-0.2, -0.15) is 0 Å². The molecule has 1 aliphatic carbocycles. The number of anilines is 1. The van der Waals surface area contributed by atoms with Crippen LogP contribution in [-0.4, -0.2) is 26.3 Å². The highest BCUT2D eigenvalue weighted by atomic mass is 79.9. The molecule has 0 radical (unpaired) electrons. The maximum absolute atomic E-state index is 6.24. The van der Waals surface area contributed by atoms with Gasteiger partial charge in [0.05, 0.1) is 6.61 Å². The Hall–Kier alpha value is -0.250. The molecule has 0 saturated heterocycles. The maximum atomic E-state index is 6.24. The highest BCUT2D eigenvalue weighted by molar-refractivity contribution is 9.08. The van der Waals surface area contributed by atoms with Crippen molar-refractivity contribution in [2.45, 2.75) is 24.2 Å². The Labute approximate surface area is 116 Å². The van der Waals surface area contributed by atoms with Gasteiger partial charge in [0.1, 0.15) is 0 Å². The van der Waals surface area contributed by atoms with Crippen LogP contribution in [0.2, 0.25) is 5.02 Å². The van der Waals surface area contributed by atoms with E-state index in [4.69, 9.17) is 16.3 Å². The van der Waals surface area contributed by atoms with Crippen molar-refractivity contribution in [3.05, 3.63) is 28.8 Å². The molecule has 0 aromatic heterocycles. The van der Waals surface area contributed by atoms with Crippen LogP contribution >= 0.6 is 27.5 Å². The number of nitrogens with zero attached hydrogens (tertiary/aromatic N) is 1. The van der Waals surface area contributed by atoms with Crippen LogP contribution in [0.5, 0.6) is 0 Å². The van der Waals surface area contributed by atoms with Crippen LogP contribution in [0.3, 0.4) is 0 Å². The van der Waals surface area contributed by atoms with Crippen molar-refractivity contribution in [1.29, 1.82) is 0 Å². The number of halogens is 2. The highest BCUT2D eigenvalue weighted by Gasteiger charge is 2.29. The summed E-state index contributed by atoms with van der Waals surface area (Å²) < 4.78 is 5.16. The molecule has 2 nitrogen and oxygen atoms in total. The summed E-state index contributed by atoms with van der Waals surface area (Å²) >= 11 is 9.68. The average Bonchev–Trinajstić information content (AvgIpc) is 3.14. The fourth-order valence-electron chi connectivity index (χ4n) is 1.92. The zero-order valence-corrected chi connectivity index (χ0v) is 12.3. The van der Waals surface area contributed by atoms with E-state index in [9.17, 15) is 0 Å². The van der Waals surface area contributed by atoms with E-state index in [2.05, 4.69) is 39.0 Å². The third kappa shape index (κ3) is 3.36. The van der Waals surface area contributed by atoms with Crippen LogP contribution in [0.1, 0.15) is 18.4 Å². The van der Waals surface area contributed by atoms with Gasteiger partial charge in [0.2, 0.25) is 0 Å². The van der Waals surface area contributed by atoms with Crippen LogP contribution in [0, 0.1) is 0 Å². The van der Waals surface area contributed by atoms with Crippen LogP contribution in [-0.2, 0) is 10.1 Å². The molecule has 0 aliphatic heterocycles. The van der Waals surface area contributed by atoms with E-state index in [-0.39, 0.29) is 0 Å². The van der Waals surface area contributed by atoms with Crippen LogP contribution in [0.15, 0.2) is 18.2 Å². The van der Waals surface area contributed by atoms with Crippen molar-refractivity contribution in [2.24, 2.45) is 0 Å². The first-order chi connectivity index (χ1) is 8.26. The molecule has 1 aliphatic rings. The van der Waals surface area contributed by atoms with Gasteiger partial charge in [-0.15, -0.1) is 0 Å². The van der Waals surface area contributed by atoms with E-state index in [1.165, 1.54) is 18.5 Å². The number of hydrogen-bond donors (Lipinski definition) is 0. The van der Waals surface area contributed by atoms with E-state index in [1.54, 1.807) is 7.11 Å². The molecule has 17 heavy (non-hydrogen) atoms. The lowest BCUT2D eigenvalue weighted by molar-refractivity contribution is 0.205. The van der Waals surface area contributed by atoms with Crippen molar-refractivity contribution in [3.8, 4) is 0 Å². The molecule has 0 bridgehead atoms. The topological polar surface area (TPSA) is 12.5 Å². The molecule has 0 N–H and O–H groups in total. The van der Waals surface area contributed by atoms with Crippen molar-refractivity contribution in [1.82, 2.24) is 0 Å². The van der Waals surface area contributed by atoms with Gasteiger partial charge < -0.3 is 9.64 Å². The van der Waals surface area contributed by atoms with E-state index in [0.717, 1.165) is 29.1 Å². The summed E-state index contributed by atoms with van der Waals surface area (Å²) in [7, 11) is 1.74. The minimum Gasteiger partial charge on any atom is -0.383 e. The molecule has 1 fully saturated rings. The van der Waals surface area contributed by atoms with Crippen LogP contribution in [0.4, 0.5) is 5.69 Å². The molecule has 1 aromatic carbocycles. The number of ether oxygens (including phenoxy) is 1. The molecule has 4 heteroatoms. The van der Waals surface area contributed by atoms with Crippen LogP contribution < -0.4 is 4.90 Å². The normalized spacial score (nSPS) is 15.0. The van der Waals surface area contributed by atoms with Gasteiger partial charge in [0.25, 0.3) is 0 Å². The summed E-state index contributed by atoms with van der Waals surface area (Å²) in [4.78, 5) is 2.40. The molecule has 2 rings (SSSR count). The van der Waals surface area contributed by atoms with Crippen LogP contribution in [0.25, 0.3) is 0 Å². The Morgan fingerprint density at radius 1 is 1.47 bits per heavy atom. The van der Waals surface area contributed by atoms with E-state index in [1.807, 2.05) is 0 Å². The fourth-order valence-corrected chi connectivity index (χ4v) is 2.81. The number of methoxy groups -OCH3 is 1. The third-order valence-corrected chi connectivity index (χ3v) is 3.99. The zero-order chi connectivity index (χ0) is 12.3. The number of benzene rings is 1. The van der Waals surface area contributed by atoms with Crippen molar-refractivity contribution >= 4 is 33.2 Å². The minimum absolute atomic E-state index is 0.677. The number of alkyl halides is 1. The number of rotatable bonds is 6. The minimum atomic E-state index is 0.677. The van der Waals surface area contributed by atoms with Gasteiger partial charge >= 0.3 is 0 Å². The Balaban J connectivity index is 2.14. The second-order valence-electron chi connectivity index (χ2n) is 4.33. The van der Waals surface area contributed by atoms with Crippen molar-refractivity contribution in [2.75, 3.05) is 25.2 Å². The molecule has 1 aromatic rings. The Bertz CT molecular complexity index is 382. The maximum Gasteiger partial charge on any atom is 0.0637 e. The van der Waals surface area contributed by atoms with E-state index < -0.39 is 0 Å². The molecule has 1 saturated carbocycles. The molecular formula is C13H17BrClNO. The summed E-state index contributed by atoms with van der Waals surface area (Å²) in [6.07, 6.45) is 2.56. The average molecular weight is 319 g/mol. The first-order valence-electron chi connectivity index (χ1n) is 5.86. The van der Waals surface area contributed by atoms with E-state index in [0.29, 0.717) is 6.04 Å². The molecule has 94 valence electrons. The van der Waals surface area contributed by atoms with Crippen molar-refractivity contribution < 1.29 is 4.74 Å². The van der Waals surface area contributed by atoms with Gasteiger partial charge in [0.15, 0.2) is 0 Å². The standard InChI is InChI=1S/C13H17BrClNO/c1-17-7-6-16(11-4-5-11)12-3-2-10(9-14)13(15)8-12/h2-3,8,11H,4-7,9H2,1H3. The smallest absolute Gasteiger partial charge is 0.0637 e. The molecule has 0 amide bonds. The largest absolute Gasteiger partial charge is 0.383 e. The lowest BCUT2D eigenvalue weighted by Gasteiger charge is -2.24. The van der Waals surface area contributed by atoms with E-state index >= 15 is 0 Å². The summed E-state index contributed by atoms with van der Waals surface area (Å²) in [5.74, 6) is 0. The van der Waals surface area contributed by atoms with Gasteiger partial charge in [0, 0.05) is 35.7 Å². The first kappa shape index (κ1) is 13.2. The fraction of sp³-hybridized carbons (Fsp3) is 0.538. The van der Waals surface area contributed by atoms with Crippen molar-refractivity contribution in [3.63, 3.8) is 0 Å². The molecule has 0 spiro atoms. The van der Waals surface area contributed by atoms with Gasteiger partial charge in [-0.05, 0) is 30.5 Å².